The first kappa shape index (κ1) is 19.3. The molecule has 0 heterocycles. The third-order valence-corrected chi connectivity index (χ3v) is 6.50. The Morgan fingerprint density at radius 3 is 2.22 bits per heavy atom. The van der Waals surface area contributed by atoms with Crippen LogP contribution in [0.15, 0.2) is 59.5 Å². The fourth-order valence-corrected chi connectivity index (χ4v) is 4.71. The lowest BCUT2D eigenvalue weighted by atomic mass is 10.1. The third-order valence-electron chi connectivity index (χ3n) is 4.32. The van der Waals surface area contributed by atoms with E-state index in [0.29, 0.717) is 22.2 Å². The van der Waals surface area contributed by atoms with Crippen molar-refractivity contribution in [3.05, 3.63) is 59.6 Å². The van der Waals surface area contributed by atoms with Crippen LogP contribution in [-0.2, 0) is 10.0 Å². The van der Waals surface area contributed by atoms with Gasteiger partial charge >= 0.3 is 0 Å². The van der Waals surface area contributed by atoms with Gasteiger partial charge in [-0.25, -0.2) is 8.42 Å². The average molecular weight is 406 g/mol. The minimum atomic E-state index is -3.81. The van der Waals surface area contributed by atoms with Crippen molar-refractivity contribution in [1.29, 1.82) is 0 Å². The molecule has 142 valence electrons. The van der Waals surface area contributed by atoms with E-state index in [1.165, 1.54) is 18.5 Å². The van der Waals surface area contributed by atoms with Gasteiger partial charge in [0.25, 0.3) is 10.0 Å². The smallest absolute Gasteiger partial charge is 0.264 e. The Balaban J connectivity index is 2.16. The summed E-state index contributed by atoms with van der Waals surface area (Å²) in [5.74, 6) is 0.728. The van der Waals surface area contributed by atoms with Gasteiger partial charge in [-0.05, 0) is 29.8 Å². The molecule has 0 N–H and O–H groups in total. The van der Waals surface area contributed by atoms with E-state index in [2.05, 4.69) is 0 Å². The Morgan fingerprint density at radius 2 is 1.59 bits per heavy atom. The number of halogens is 1. The maximum atomic E-state index is 13.4. The predicted molar refractivity (Wildman–Crippen MR) is 109 cm³/mol. The van der Waals surface area contributed by atoms with Gasteiger partial charge in [-0.15, -0.1) is 0 Å². The molecule has 0 fully saturated rings. The lowest BCUT2D eigenvalue weighted by molar-refractivity contribution is 0.404. The number of ether oxygens (including phenoxy) is 2. The molecule has 5 nitrogen and oxygen atoms in total. The molecule has 0 bridgehead atoms. The monoisotopic (exact) mass is 405 g/mol. The Bertz CT molecular complexity index is 1080. The van der Waals surface area contributed by atoms with E-state index in [9.17, 15) is 8.42 Å². The molecule has 7 heteroatoms. The molecule has 0 radical (unpaired) electrons. The molecule has 0 amide bonds. The molecule has 0 unspecified atom stereocenters. The van der Waals surface area contributed by atoms with Crippen molar-refractivity contribution in [2.45, 2.75) is 11.8 Å². The van der Waals surface area contributed by atoms with Crippen molar-refractivity contribution in [2.24, 2.45) is 0 Å². The highest BCUT2D eigenvalue weighted by molar-refractivity contribution is 7.92. The number of methoxy groups -OCH3 is 2. The summed E-state index contributed by atoms with van der Waals surface area (Å²) in [6, 6.07) is 15.8. The van der Waals surface area contributed by atoms with Gasteiger partial charge in [0.15, 0.2) is 0 Å². The zero-order valence-corrected chi connectivity index (χ0v) is 16.8. The summed E-state index contributed by atoms with van der Waals surface area (Å²) in [5.41, 5.74) is 0.370. The topological polar surface area (TPSA) is 55.8 Å². The van der Waals surface area contributed by atoms with Gasteiger partial charge in [-0.3, -0.25) is 4.31 Å². The van der Waals surface area contributed by atoms with E-state index in [1.807, 2.05) is 24.3 Å². The van der Waals surface area contributed by atoms with Crippen molar-refractivity contribution >= 4 is 38.1 Å². The molecule has 0 saturated heterocycles. The largest absolute Gasteiger partial charge is 0.495 e. The van der Waals surface area contributed by atoms with Crippen LogP contribution in [0.2, 0.25) is 5.02 Å². The number of hydrogen-bond acceptors (Lipinski definition) is 4. The van der Waals surface area contributed by atoms with E-state index in [1.54, 1.807) is 37.3 Å². The molecular weight excluding hydrogens is 386 g/mol. The highest BCUT2D eigenvalue weighted by Gasteiger charge is 2.27. The van der Waals surface area contributed by atoms with Crippen LogP contribution < -0.4 is 13.8 Å². The number of nitrogens with zero attached hydrogens (tertiary/aromatic N) is 1. The summed E-state index contributed by atoms with van der Waals surface area (Å²) in [6.07, 6.45) is 0. The third kappa shape index (κ3) is 3.55. The van der Waals surface area contributed by atoms with Crippen LogP contribution in [0, 0.1) is 0 Å². The van der Waals surface area contributed by atoms with Crippen molar-refractivity contribution in [2.75, 3.05) is 25.1 Å². The van der Waals surface area contributed by atoms with Crippen LogP contribution in [0.5, 0.6) is 11.5 Å². The van der Waals surface area contributed by atoms with E-state index in [-0.39, 0.29) is 11.4 Å². The van der Waals surface area contributed by atoms with Crippen molar-refractivity contribution in [1.82, 2.24) is 0 Å². The van der Waals surface area contributed by atoms with Crippen LogP contribution in [-0.4, -0.2) is 29.2 Å². The fourth-order valence-electron chi connectivity index (χ4n) is 2.96. The SMILES string of the molecule is CCN(c1cc(OC)c(Cl)cc1OC)S(=O)(=O)c1ccc2ccccc2c1. The van der Waals surface area contributed by atoms with Gasteiger partial charge in [0, 0.05) is 18.7 Å². The van der Waals surface area contributed by atoms with Crippen LogP contribution >= 0.6 is 11.6 Å². The zero-order chi connectivity index (χ0) is 19.6. The molecular formula is C20H20ClNO4S. The number of sulfonamides is 1. The summed E-state index contributed by atoms with van der Waals surface area (Å²) in [7, 11) is -0.863. The molecule has 0 aliphatic carbocycles. The van der Waals surface area contributed by atoms with Gasteiger partial charge in [0.05, 0.1) is 29.8 Å². The second-order valence-electron chi connectivity index (χ2n) is 5.84. The standard InChI is InChI=1S/C20H20ClNO4S/c1-4-22(18-13-19(25-2)17(21)12-20(18)26-3)27(23,24)16-10-9-14-7-5-6-8-15(14)11-16/h5-13H,4H2,1-3H3. The first-order chi connectivity index (χ1) is 12.9. The van der Waals surface area contributed by atoms with Gasteiger partial charge < -0.3 is 9.47 Å². The number of hydrogen-bond donors (Lipinski definition) is 0. The zero-order valence-electron chi connectivity index (χ0n) is 15.3. The summed E-state index contributed by atoms with van der Waals surface area (Å²) in [4.78, 5) is 0.207. The Kier molecular flexibility index (Phi) is 5.48. The molecule has 3 rings (SSSR count). The molecule has 27 heavy (non-hydrogen) atoms. The van der Waals surface area contributed by atoms with Gasteiger partial charge in [-0.2, -0.15) is 0 Å². The lowest BCUT2D eigenvalue weighted by Gasteiger charge is -2.25. The molecule has 0 aliphatic rings. The van der Waals surface area contributed by atoms with Gasteiger partial charge in [0.1, 0.15) is 11.5 Å². The number of rotatable bonds is 6. The van der Waals surface area contributed by atoms with E-state index in [4.69, 9.17) is 21.1 Å². The average Bonchev–Trinajstić information content (AvgIpc) is 2.68. The molecule has 0 atom stereocenters. The van der Waals surface area contributed by atoms with Gasteiger partial charge in [0.2, 0.25) is 0 Å². The number of anilines is 1. The normalized spacial score (nSPS) is 11.4. The van der Waals surface area contributed by atoms with Crippen molar-refractivity contribution in [3.63, 3.8) is 0 Å². The summed E-state index contributed by atoms with van der Waals surface area (Å²) >= 11 is 6.15. The highest BCUT2D eigenvalue weighted by Crippen LogP contribution is 2.40. The fraction of sp³-hybridized carbons (Fsp3) is 0.200. The minimum absolute atomic E-state index is 0.207. The van der Waals surface area contributed by atoms with Crippen LogP contribution in [0.25, 0.3) is 10.8 Å². The van der Waals surface area contributed by atoms with Crippen molar-refractivity contribution in [3.8, 4) is 11.5 Å². The molecule has 0 spiro atoms. The molecule has 3 aromatic rings. The summed E-state index contributed by atoms with van der Waals surface area (Å²) in [6.45, 7) is 1.98. The molecule has 0 saturated carbocycles. The predicted octanol–water partition coefficient (Wildman–Crippen LogP) is 4.73. The molecule has 3 aromatic carbocycles. The van der Waals surface area contributed by atoms with E-state index < -0.39 is 10.0 Å². The first-order valence-corrected chi connectivity index (χ1v) is 10.2. The van der Waals surface area contributed by atoms with Crippen LogP contribution in [0.3, 0.4) is 0 Å². The maximum Gasteiger partial charge on any atom is 0.264 e. The lowest BCUT2D eigenvalue weighted by Crippen LogP contribution is -2.31. The van der Waals surface area contributed by atoms with E-state index >= 15 is 0 Å². The Labute approximate surface area is 164 Å². The van der Waals surface area contributed by atoms with Crippen LogP contribution in [0.1, 0.15) is 6.92 Å². The maximum absolute atomic E-state index is 13.4. The summed E-state index contributed by atoms with van der Waals surface area (Å²) in [5, 5.41) is 2.18. The van der Waals surface area contributed by atoms with E-state index in [0.717, 1.165) is 10.8 Å². The minimum Gasteiger partial charge on any atom is -0.495 e. The van der Waals surface area contributed by atoms with Gasteiger partial charge in [-0.1, -0.05) is 41.9 Å². The Hall–Kier alpha value is -2.44. The Morgan fingerprint density at radius 1 is 0.926 bits per heavy atom. The molecule has 0 aliphatic heterocycles. The number of benzene rings is 3. The van der Waals surface area contributed by atoms with Crippen molar-refractivity contribution < 1.29 is 17.9 Å². The number of fused-ring (bicyclic) bond motifs is 1. The quantitative estimate of drug-likeness (QED) is 0.595. The summed E-state index contributed by atoms with van der Waals surface area (Å²) < 4.78 is 38.6. The first-order valence-electron chi connectivity index (χ1n) is 8.35. The highest BCUT2D eigenvalue weighted by atomic mass is 35.5. The second-order valence-corrected chi connectivity index (χ2v) is 8.11. The molecule has 0 aromatic heterocycles. The van der Waals surface area contributed by atoms with Crippen LogP contribution in [0.4, 0.5) is 5.69 Å². The second kappa shape index (κ2) is 7.66.